The highest BCUT2D eigenvalue weighted by molar-refractivity contribution is 5.56. The molecule has 0 heterocycles. The van der Waals surface area contributed by atoms with Crippen molar-refractivity contribution in [3.63, 3.8) is 0 Å². The predicted molar refractivity (Wildman–Crippen MR) is 65.0 cm³/mol. The van der Waals surface area contributed by atoms with E-state index in [2.05, 4.69) is 51.4 Å². The Labute approximate surface area is 89.4 Å². The summed E-state index contributed by atoms with van der Waals surface area (Å²) in [5, 5.41) is 0. The molecule has 0 aromatic rings. The van der Waals surface area contributed by atoms with Crippen LogP contribution in [0, 0.1) is 0 Å². The van der Waals surface area contributed by atoms with E-state index in [1.54, 1.807) is 0 Å². The van der Waals surface area contributed by atoms with Crippen LogP contribution in [0.25, 0.3) is 0 Å². The Balaban J connectivity index is 4.28. The summed E-state index contributed by atoms with van der Waals surface area (Å²) in [6.07, 6.45) is 4.50. The van der Waals surface area contributed by atoms with E-state index in [0.717, 1.165) is 0 Å². The fourth-order valence-electron chi connectivity index (χ4n) is 1.53. The standard InChI is InChI=1S/C12H26N2/c1-7-8-12(6)14(11(4)5)9-13-10(2)3/h9-12H,7-8H2,1-6H3. The molecule has 1 unspecified atom stereocenters. The van der Waals surface area contributed by atoms with Gasteiger partial charge in [0, 0.05) is 18.1 Å². The highest BCUT2D eigenvalue weighted by Gasteiger charge is 2.12. The summed E-state index contributed by atoms with van der Waals surface area (Å²) in [6.45, 7) is 13.2. The molecule has 0 aliphatic rings. The summed E-state index contributed by atoms with van der Waals surface area (Å²) in [4.78, 5) is 6.80. The fraction of sp³-hybridized carbons (Fsp3) is 0.917. The third-order valence-electron chi connectivity index (χ3n) is 2.31. The molecule has 0 bridgehead atoms. The van der Waals surface area contributed by atoms with Gasteiger partial charge in [0.1, 0.15) is 0 Å². The molecule has 14 heavy (non-hydrogen) atoms. The number of hydrogen-bond acceptors (Lipinski definition) is 1. The van der Waals surface area contributed by atoms with Crippen LogP contribution in [-0.2, 0) is 0 Å². The molecule has 2 heteroatoms. The van der Waals surface area contributed by atoms with Gasteiger partial charge in [-0.05, 0) is 41.0 Å². The van der Waals surface area contributed by atoms with Gasteiger partial charge in [-0.15, -0.1) is 0 Å². The molecule has 0 amide bonds. The molecule has 0 spiro atoms. The number of aliphatic imine (C=N–C) groups is 1. The van der Waals surface area contributed by atoms with Gasteiger partial charge in [-0.3, -0.25) is 4.99 Å². The number of hydrogen-bond donors (Lipinski definition) is 0. The van der Waals surface area contributed by atoms with Gasteiger partial charge in [0.2, 0.25) is 0 Å². The highest BCUT2D eigenvalue weighted by Crippen LogP contribution is 2.08. The molecule has 2 nitrogen and oxygen atoms in total. The van der Waals surface area contributed by atoms with E-state index < -0.39 is 0 Å². The van der Waals surface area contributed by atoms with E-state index in [1.165, 1.54) is 12.8 Å². The molecule has 0 aliphatic carbocycles. The largest absolute Gasteiger partial charge is 0.358 e. The Morgan fingerprint density at radius 3 is 2.07 bits per heavy atom. The first-order valence-corrected chi connectivity index (χ1v) is 5.79. The second-order valence-electron chi connectivity index (χ2n) is 4.54. The lowest BCUT2D eigenvalue weighted by Gasteiger charge is -2.31. The van der Waals surface area contributed by atoms with Crippen LogP contribution in [0.3, 0.4) is 0 Å². The van der Waals surface area contributed by atoms with E-state index in [0.29, 0.717) is 18.1 Å². The Kier molecular flexibility index (Phi) is 6.60. The smallest absolute Gasteiger partial charge is 0.0857 e. The van der Waals surface area contributed by atoms with Gasteiger partial charge >= 0.3 is 0 Å². The van der Waals surface area contributed by atoms with Gasteiger partial charge in [-0.25, -0.2) is 0 Å². The topological polar surface area (TPSA) is 15.6 Å². The summed E-state index contributed by atoms with van der Waals surface area (Å²) in [5.41, 5.74) is 0. The lowest BCUT2D eigenvalue weighted by Crippen LogP contribution is -2.37. The van der Waals surface area contributed by atoms with Gasteiger partial charge in [0.05, 0.1) is 6.34 Å². The maximum atomic E-state index is 4.45. The van der Waals surface area contributed by atoms with E-state index in [1.807, 2.05) is 6.34 Å². The second kappa shape index (κ2) is 6.86. The first kappa shape index (κ1) is 13.5. The summed E-state index contributed by atoms with van der Waals surface area (Å²) < 4.78 is 0. The second-order valence-corrected chi connectivity index (χ2v) is 4.54. The Hall–Kier alpha value is -0.530. The SMILES string of the molecule is CCCC(C)N(C=NC(C)C)C(C)C. The molecule has 0 saturated heterocycles. The molecule has 0 aliphatic heterocycles. The summed E-state index contributed by atoms with van der Waals surface area (Å²) in [7, 11) is 0. The van der Waals surface area contributed by atoms with E-state index in [9.17, 15) is 0 Å². The zero-order valence-electron chi connectivity index (χ0n) is 10.6. The first-order chi connectivity index (χ1) is 6.49. The van der Waals surface area contributed by atoms with Crippen molar-refractivity contribution in [2.24, 2.45) is 4.99 Å². The predicted octanol–water partition coefficient (Wildman–Crippen LogP) is 3.32. The minimum Gasteiger partial charge on any atom is -0.358 e. The van der Waals surface area contributed by atoms with Gasteiger partial charge in [-0.2, -0.15) is 0 Å². The number of nitrogens with zero attached hydrogens (tertiary/aromatic N) is 2. The maximum absolute atomic E-state index is 4.45. The van der Waals surface area contributed by atoms with Crippen molar-refractivity contribution in [3.8, 4) is 0 Å². The van der Waals surface area contributed by atoms with Gasteiger partial charge < -0.3 is 4.90 Å². The fourth-order valence-corrected chi connectivity index (χ4v) is 1.53. The lowest BCUT2D eigenvalue weighted by molar-refractivity contribution is 0.270. The average Bonchev–Trinajstić information content (AvgIpc) is 2.03. The molecular formula is C12H26N2. The number of rotatable bonds is 6. The lowest BCUT2D eigenvalue weighted by atomic mass is 10.1. The Morgan fingerprint density at radius 2 is 1.71 bits per heavy atom. The third-order valence-corrected chi connectivity index (χ3v) is 2.31. The molecule has 0 fully saturated rings. The maximum Gasteiger partial charge on any atom is 0.0857 e. The van der Waals surface area contributed by atoms with Gasteiger partial charge in [-0.1, -0.05) is 13.3 Å². The normalized spacial score (nSPS) is 14.3. The molecule has 0 N–H and O–H groups in total. The van der Waals surface area contributed by atoms with E-state index in [4.69, 9.17) is 0 Å². The monoisotopic (exact) mass is 198 g/mol. The van der Waals surface area contributed by atoms with Crippen molar-refractivity contribution < 1.29 is 0 Å². The summed E-state index contributed by atoms with van der Waals surface area (Å²) in [6, 6.07) is 1.53. The van der Waals surface area contributed by atoms with Crippen LogP contribution in [0.15, 0.2) is 4.99 Å². The quantitative estimate of drug-likeness (QED) is 0.472. The summed E-state index contributed by atoms with van der Waals surface area (Å²) >= 11 is 0. The highest BCUT2D eigenvalue weighted by atomic mass is 15.2. The van der Waals surface area contributed by atoms with Gasteiger partial charge in [0.25, 0.3) is 0 Å². The van der Waals surface area contributed by atoms with Crippen molar-refractivity contribution in [3.05, 3.63) is 0 Å². The minimum atomic E-state index is 0.394. The van der Waals surface area contributed by atoms with Crippen LogP contribution >= 0.6 is 0 Å². The van der Waals surface area contributed by atoms with Crippen molar-refractivity contribution in [1.82, 2.24) is 4.90 Å². The molecule has 0 radical (unpaired) electrons. The third kappa shape index (κ3) is 5.25. The molecule has 1 atom stereocenters. The minimum absolute atomic E-state index is 0.394. The molecular weight excluding hydrogens is 172 g/mol. The molecule has 0 saturated carbocycles. The zero-order valence-corrected chi connectivity index (χ0v) is 10.6. The van der Waals surface area contributed by atoms with Crippen LogP contribution in [0.4, 0.5) is 0 Å². The molecule has 0 rings (SSSR count). The van der Waals surface area contributed by atoms with Crippen LogP contribution in [0.2, 0.25) is 0 Å². The molecule has 0 aromatic carbocycles. The Morgan fingerprint density at radius 1 is 1.14 bits per heavy atom. The van der Waals surface area contributed by atoms with Crippen molar-refractivity contribution in [2.45, 2.75) is 72.5 Å². The van der Waals surface area contributed by atoms with Crippen LogP contribution in [0.1, 0.15) is 54.4 Å². The molecule has 84 valence electrons. The van der Waals surface area contributed by atoms with Crippen molar-refractivity contribution in [2.75, 3.05) is 0 Å². The molecule has 0 aromatic heterocycles. The van der Waals surface area contributed by atoms with E-state index in [-0.39, 0.29) is 0 Å². The van der Waals surface area contributed by atoms with Gasteiger partial charge in [0.15, 0.2) is 0 Å². The van der Waals surface area contributed by atoms with Crippen LogP contribution in [0.5, 0.6) is 0 Å². The zero-order chi connectivity index (χ0) is 11.1. The average molecular weight is 198 g/mol. The van der Waals surface area contributed by atoms with Crippen LogP contribution < -0.4 is 0 Å². The van der Waals surface area contributed by atoms with Crippen molar-refractivity contribution in [1.29, 1.82) is 0 Å². The summed E-state index contributed by atoms with van der Waals surface area (Å²) in [5.74, 6) is 0. The Bertz CT molecular complexity index is 162. The van der Waals surface area contributed by atoms with Crippen LogP contribution in [-0.4, -0.2) is 29.4 Å². The first-order valence-electron chi connectivity index (χ1n) is 5.79. The van der Waals surface area contributed by atoms with Crippen molar-refractivity contribution >= 4 is 6.34 Å². The van der Waals surface area contributed by atoms with E-state index >= 15 is 0 Å².